The van der Waals surface area contributed by atoms with Crippen LogP contribution in [0.4, 0.5) is 0 Å². The monoisotopic (exact) mass is 431 g/mol. The van der Waals surface area contributed by atoms with Crippen molar-refractivity contribution in [3.63, 3.8) is 0 Å². The maximum atomic E-state index is 12.9. The lowest BCUT2D eigenvalue weighted by molar-refractivity contribution is 0.0932. The maximum Gasteiger partial charge on any atom is 0.329 e. The van der Waals surface area contributed by atoms with E-state index in [1.54, 1.807) is 13.0 Å². The molecule has 3 heterocycles. The second kappa shape index (κ2) is 10.0. The van der Waals surface area contributed by atoms with Crippen LogP contribution >= 0.6 is 24.8 Å². The molecular formula is C18H27Cl2N5O3. The number of nitrogens with zero attached hydrogens (tertiary/aromatic N) is 2. The lowest BCUT2D eigenvalue weighted by Gasteiger charge is -2.24. The molecule has 0 saturated carbocycles. The molecule has 28 heavy (non-hydrogen) atoms. The van der Waals surface area contributed by atoms with Crippen LogP contribution in [0.5, 0.6) is 0 Å². The summed E-state index contributed by atoms with van der Waals surface area (Å²) in [7, 11) is 0. The molecule has 3 N–H and O–H groups in total. The van der Waals surface area contributed by atoms with Crippen LogP contribution in [0.15, 0.2) is 15.7 Å². The average Bonchev–Trinajstić information content (AvgIpc) is 2.61. The predicted octanol–water partition coefficient (Wildman–Crippen LogP) is 1.55. The third kappa shape index (κ3) is 4.74. The number of H-pyrrole nitrogens is 1. The van der Waals surface area contributed by atoms with Crippen LogP contribution in [-0.4, -0.2) is 39.6 Å². The molecule has 0 radical (unpaired) electrons. The Hall–Kier alpha value is -1.90. The van der Waals surface area contributed by atoms with Crippen LogP contribution in [0.3, 0.4) is 0 Å². The van der Waals surface area contributed by atoms with Gasteiger partial charge in [-0.25, -0.2) is 9.78 Å². The van der Waals surface area contributed by atoms with Crippen molar-refractivity contribution in [2.24, 2.45) is 0 Å². The molecule has 0 bridgehead atoms. The smallest absolute Gasteiger partial charge is 0.329 e. The molecule has 1 saturated heterocycles. The normalized spacial score (nSPS) is 16.4. The Kier molecular flexibility index (Phi) is 8.66. The molecule has 8 nitrogen and oxygen atoms in total. The number of piperidine rings is 1. The zero-order valence-corrected chi connectivity index (χ0v) is 17.8. The number of rotatable bonds is 4. The van der Waals surface area contributed by atoms with E-state index < -0.39 is 11.2 Å². The Balaban J connectivity index is 0.00000196. The van der Waals surface area contributed by atoms with Crippen LogP contribution < -0.4 is 21.9 Å². The Morgan fingerprint density at radius 3 is 2.64 bits per heavy atom. The third-order valence-corrected chi connectivity index (χ3v) is 4.75. The summed E-state index contributed by atoms with van der Waals surface area (Å²) < 4.78 is 1.39. The fourth-order valence-electron chi connectivity index (χ4n) is 3.30. The van der Waals surface area contributed by atoms with Crippen LogP contribution in [0, 0.1) is 0 Å². The van der Waals surface area contributed by atoms with Crippen molar-refractivity contribution >= 4 is 41.8 Å². The van der Waals surface area contributed by atoms with Crippen LogP contribution in [0.1, 0.15) is 55.6 Å². The lowest BCUT2D eigenvalue weighted by atomic mass is 10.0. The van der Waals surface area contributed by atoms with E-state index in [1.807, 2.05) is 13.8 Å². The van der Waals surface area contributed by atoms with Gasteiger partial charge in [0.25, 0.3) is 11.5 Å². The summed E-state index contributed by atoms with van der Waals surface area (Å²) >= 11 is 0. The molecule has 0 aromatic carbocycles. The van der Waals surface area contributed by atoms with Crippen molar-refractivity contribution in [3.8, 4) is 0 Å². The maximum absolute atomic E-state index is 12.9. The van der Waals surface area contributed by atoms with Gasteiger partial charge in [-0.1, -0.05) is 13.8 Å². The Morgan fingerprint density at radius 2 is 2.07 bits per heavy atom. The van der Waals surface area contributed by atoms with Crippen molar-refractivity contribution in [2.75, 3.05) is 13.1 Å². The molecule has 1 aliphatic rings. The van der Waals surface area contributed by atoms with Gasteiger partial charge in [-0.2, -0.15) is 0 Å². The molecule has 1 atom stereocenters. The molecule has 0 aliphatic carbocycles. The number of halogens is 2. The van der Waals surface area contributed by atoms with Crippen molar-refractivity contribution in [2.45, 2.75) is 52.1 Å². The number of hydrogen-bond donors (Lipinski definition) is 3. The Labute approximate surface area is 175 Å². The number of hydrogen-bond acceptors (Lipinski definition) is 5. The summed E-state index contributed by atoms with van der Waals surface area (Å²) in [4.78, 5) is 44.3. The van der Waals surface area contributed by atoms with Gasteiger partial charge in [-0.05, 0) is 38.3 Å². The molecule has 2 aromatic heterocycles. The van der Waals surface area contributed by atoms with Crippen molar-refractivity contribution in [3.05, 3.63) is 38.2 Å². The molecule has 10 heteroatoms. The number of fused-ring (bicyclic) bond motifs is 1. The van der Waals surface area contributed by atoms with Gasteiger partial charge in [0.2, 0.25) is 0 Å². The zero-order valence-electron chi connectivity index (χ0n) is 16.2. The number of aromatic amines is 1. The molecule has 2 aromatic rings. The van der Waals surface area contributed by atoms with Crippen LogP contribution in [0.25, 0.3) is 11.0 Å². The second-order valence-electron chi connectivity index (χ2n) is 6.97. The largest absolute Gasteiger partial charge is 0.348 e. The molecule has 1 unspecified atom stereocenters. The third-order valence-electron chi connectivity index (χ3n) is 4.75. The van der Waals surface area contributed by atoms with Gasteiger partial charge in [0.05, 0.1) is 10.9 Å². The number of nitrogens with one attached hydrogen (secondary N) is 3. The van der Waals surface area contributed by atoms with E-state index >= 15 is 0 Å². The number of pyridine rings is 1. The molecular weight excluding hydrogens is 405 g/mol. The first kappa shape index (κ1) is 24.1. The first-order valence-corrected chi connectivity index (χ1v) is 9.11. The van der Waals surface area contributed by atoms with E-state index in [2.05, 4.69) is 20.6 Å². The SMILES string of the molecule is CCn1c(=O)[nH]c(=O)c2c(C(=O)NC3CCCNC3)cc(C(C)C)nc21.Cl.Cl. The Bertz CT molecular complexity index is 949. The van der Waals surface area contributed by atoms with Gasteiger partial charge in [0.15, 0.2) is 5.65 Å². The highest BCUT2D eigenvalue weighted by molar-refractivity contribution is 6.05. The quantitative estimate of drug-likeness (QED) is 0.680. The standard InChI is InChI=1S/C18H25N5O3.2ClH/c1-4-23-15-14(17(25)22-18(23)26)12(8-13(21-15)10(2)3)16(24)20-11-6-5-7-19-9-11;;/h8,10-11,19H,4-7,9H2,1-3H3,(H,20,24)(H,22,25,26);2*1H. The summed E-state index contributed by atoms with van der Waals surface area (Å²) in [5.74, 6) is -0.248. The number of carbonyl (C=O) groups excluding carboxylic acids is 1. The highest BCUT2D eigenvalue weighted by Gasteiger charge is 2.22. The summed E-state index contributed by atoms with van der Waals surface area (Å²) in [6.45, 7) is 7.74. The minimum atomic E-state index is -0.579. The number of amides is 1. The highest BCUT2D eigenvalue weighted by atomic mass is 35.5. The van der Waals surface area contributed by atoms with Gasteiger partial charge in [0, 0.05) is 24.8 Å². The first-order valence-electron chi connectivity index (χ1n) is 9.11. The van der Waals surface area contributed by atoms with Crippen molar-refractivity contribution < 1.29 is 4.79 Å². The van der Waals surface area contributed by atoms with Gasteiger partial charge in [0.1, 0.15) is 0 Å². The minimum Gasteiger partial charge on any atom is -0.348 e. The van der Waals surface area contributed by atoms with E-state index in [0.29, 0.717) is 18.8 Å². The van der Waals surface area contributed by atoms with Gasteiger partial charge in [-0.3, -0.25) is 19.1 Å². The fourth-order valence-corrected chi connectivity index (χ4v) is 3.30. The van der Waals surface area contributed by atoms with Gasteiger partial charge >= 0.3 is 5.69 Å². The van der Waals surface area contributed by atoms with Crippen molar-refractivity contribution in [1.29, 1.82) is 0 Å². The zero-order chi connectivity index (χ0) is 18.8. The van der Waals surface area contributed by atoms with E-state index in [1.165, 1.54) is 4.57 Å². The van der Waals surface area contributed by atoms with Gasteiger partial charge in [-0.15, -0.1) is 24.8 Å². The number of carbonyl (C=O) groups is 1. The number of aromatic nitrogens is 3. The molecule has 1 fully saturated rings. The van der Waals surface area contributed by atoms with E-state index in [9.17, 15) is 14.4 Å². The Morgan fingerprint density at radius 1 is 1.36 bits per heavy atom. The molecule has 1 amide bonds. The summed E-state index contributed by atoms with van der Waals surface area (Å²) in [5, 5.41) is 6.42. The average molecular weight is 432 g/mol. The molecule has 156 valence electrons. The second-order valence-corrected chi connectivity index (χ2v) is 6.97. The topological polar surface area (TPSA) is 109 Å². The minimum absolute atomic E-state index is 0. The predicted molar refractivity (Wildman–Crippen MR) is 114 cm³/mol. The summed E-state index contributed by atoms with van der Waals surface area (Å²) in [5.41, 5.74) is 0.120. The summed E-state index contributed by atoms with van der Waals surface area (Å²) in [6, 6.07) is 1.69. The fraction of sp³-hybridized carbons (Fsp3) is 0.556. The summed E-state index contributed by atoms with van der Waals surface area (Å²) in [6.07, 6.45) is 1.89. The highest BCUT2D eigenvalue weighted by Crippen LogP contribution is 2.20. The molecule has 1 aliphatic heterocycles. The van der Waals surface area contributed by atoms with E-state index in [0.717, 1.165) is 19.4 Å². The molecule has 3 rings (SSSR count). The molecule has 0 spiro atoms. The van der Waals surface area contributed by atoms with E-state index in [-0.39, 0.29) is 59.3 Å². The van der Waals surface area contributed by atoms with Crippen LogP contribution in [0.2, 0.25) is 0 Å². The van der Waals surface area contributed by atoms with Crippen molar-refractivity contribution in [1.82, 2.24) is 25.2 Å². The van der Waals surface area contributed by atoms with Crippen LogP contribution in [-0.2, 0) is 6.54 Å². The van der Waals surface area contributed by atoms with Gasteiger partial charge < -0.3 is 10.6 Å². The lowest BCUT2D eigenvalue weighted by Crippen LogP contribution is -2.46. The van der Waals surface area contributed by atoms with E-state index in [4.69, 9.17) is 0 Å². The number of aryl methyl sites for hydroxylation is 1. The first-order chi connectivity index (χ1) is 12.4.